The number of amides is 1. The van der Waals surface area contributed by atoms with E-state index < -0.39 is 6.04 Å². The zero-order valence-electron chi connectivity index (χ0n) is 11.4. The summed E-state index contributed by atoms with van der Waals surface area (Å²) in [6, 6.07) is 0.989. The molecule has 1 aliphatic heterocycles. The van der Waals surface area contributed by atoms with E-state index in [2.05, 4.69) is 0 Å². The van der Waals surface area contributed by atoms with Gasteiger partial charge in [-0.1, -0.05) is 23.2 Å². The van der Waals surface area contributed by atoms with E-state index in [1.165, 1.54) is 22.6 Å². The molecule has 1 aromatic heterocycles. The number of aromatic nitrogens is 1. The molecule has 0 saturated carbocycles. The number of rotatable bonds is 2. The highest BCUT2D eigenvalue weighted by Crippen LogP contribution is 2.28. The number of methoxy groups -OCH3 is 1. The van der Waals surface area contributed by atoms with Crippen molar-refractivity contribution in [1.82, 2.24) is 9.47 Å². The number of esters is 1. The van der Waals surface area contributed by atoms with Crippen LogP contribution >= 0.6 is 23.2 Å². The van der Waals surface area contributed by atoms with E-state index in [0.29, 0.717) is 28.8 Å². The molecule has 110 valence electrons. The van der Waals surface area contributed by atoms with Gasteiger partial charge in [-0.2, -0.15) is 0 Å². The lowest BCUT2D eigenvalue weighted by Gasteiger charge is -2.33. The molecule has 1 amide bonds. The predicted molar refractivity (Wildman–Crippen MR) is 76.1 cm³/mol. The number of ether oxygens (including phenoxy) is 1. The van der Waals surface area contributed by atoms with E-state index in [4.69, 9.17) is 27.9 Å². The van der Waals surface area contributed by atoms with Crippen LogP contribution in [-0.4, -0.2) is 41.0 Å². The molecule has 0 aliphatic carbocycles. The number of carbonyl (C=O) groups is 2. The Hall–Kier alpha value is -1.20. The number of halogens is 2. The lowest BCUT2D eigenvalue weighted by molar-refractivity contribution is -0.147. The number of carbonyl (C=O) groups excluding carboxylic acids is 2. The molecule has 0 aromatic carbocycles. The highest BCUT2D eigenvalue weighted by Gasteiger charge is 2.34. The van der Waals surface area contributed by atoms with Gasteiger partial charge in [0.2, 0.25) is 0 Å². The van der Waals surface area contributed by atoms with E-state index in [9.17, 15) is 9.59 Å². The maximum atomic E-state index is 12.6. The molecule has 1 unspecified atom stereocenters. The second-order valence-electron chi connectivity index (χ2n) is 4.76. The van der Waals surface area contributed by atoms with E-state index in [-0.39, 0.29) is 11.9 Å². The van der Waals surface area contributed by atoms with E-state index >= 15 is 0 Å². The van der Waals surface area contributed by atoms with Crippen molar-refractivity contribution in [3.8, 4) is 0 Å². The summed E-state index contributed by atoms with van der Waals surface area (Å²) < 4.78 is 6.30. The van der Waals surface area contributed by atoms with Crippen molar-refractivity contribution < 1.29 is 14.3 Å². The SMILES string of the molecule is COC(=O)C1CCCCN1C(=O)c1cc(Cl)c(Cl)n1C. The van der Waals surface area contributed by atoms with Crippen LogP contribution in [0.15, 0.2) is 6.07 Å². The van der Waals surface area contributed by atoms with Crippen molar-refractivity contribution in [2.75, 3.05) is 13.7 Å². The monoisotopic (exact) mass is 318 g/mol. The third kappa shape index (κ3) is 2.65. The molecule has 1 atom stereocenters. The lowest BCUT2D eigenvalue weighted by atomic mass is 10.0. The number of likely N-dealkylation sites (tertiary alicyclic amines) is 1. The number of nitrogens with zero attached hydrogens (tertiary/aromatic N) is 2. The molecule has 0 spiro atoms. The summed E-state index contributed by atoms with van der Waals surface area (Å²) in [5.41, 5.74) is 0.371. The zero-order valence-corrected chi connectivity index (χ0v) is 12.9. The van der Waals surface area contributed by atoms with Crippen molar-refractivity contribution in [3.05, 3.63) is 21.9 Å². The minimum Gasteiger partial charge on any atom is -0.467 e. The second kappa shape index (κ2) is 6.06. The molecule has 2 rings (SSSR count). The van der Waals surface area contributed by atoms with Gasteiger partial charge < -0.3 is 14.2 Å². The van der Waals surface area contributed by atoms with Crippen molar-refractivity contribution >= 4 is 35.1 Å². The highest BCUT2D eigenvalue weighted by atomic mass is 35.5. The lowest BCUT2D eigenvalue weighted by Crippen LogP contribution is -2.48. The summed E-state index contributed by atoms with van der Waals surface area (Å²) >= 11 is 11.9. The molecule has 7 heteroatoms. The Balaban J connectivity index is 2.30. The maximum Gasteiger partial charge on any atom is 0.328 e. The van der Waals surface area contributed by atoms with Crippen molar-refractivity contribution in [1.29, 1.82) is 0 Å². The molecule has 1 fully saturated rings. The van der Waals surface area contributed by atoms with Gasteiger partial charge in [0.05, 0.1) is 12.1 Å². The van der Waals surface area contributed by atoms with Crippen LogP contribution in [0, 0.1) is 0 Å². The first-order valence-electron chi connectivity index (χ1n) is 6.37. The second-order valence-corrected chi connectivity index (χ2v) is 5.53. The van der Waals surface area contributed by atoms with Gasteiger partial charge >= 0.3 is 5.97 Å². The van der Waals surface area contributed by atoms with Gasteiger partial charge in [-0.05, 0) is 25.3 Å². The molecule has 0 radical (unpaired) electrons. The third-order valence-electron chi connectivity index (χ3n) is 3.57. The Labute approximate surface area is 127 Å². The van der Waals surface area contributed by atoms with E-state index in [1.54, 1.807) is 7.05 Å². The molecule has 0 bridgehead atoms. The minimum absolute atomic E-state index is 0.253. The normalized spacial score (nSPS) is 19.0. The predicted octanol–water partition coefficient (Wildman–Crippen LogP) is 2.50. The molecule has 1 saturated heterocycles. The molecule has 1 aliphatic rings. The summed E-state index contributed by atoms with van der Waals surface area (Å²) in [6.45, 7) is 0.527. The molecule has 20 heavy (non-hydrogen) atoms. The molecule has 1 aromatic rings. The van der Waals surface area contributed by atoms with E-state index in [0.717, 1.165) is 12.8 Å². The average molecular weight is 319 g/mol. The van der Waals surface area contributed by atoms with Crippen molar-refractivity contribution in [2.24, 2.45) is 7.05 Å². The number of piperidine rings is 1. The summed E-state index contributed by atoms with van der Waals surface area (Å²) in [7, 11) is 2.99. The Morgan fingerprint density at radius 1 is 1.35 bits per heavy atom. The number of hydrogen-bond donors (Lipinski definition) is 0. The first kappa shape index (κ1) is 15.2. The van der Waals surface area contributed by atoms with Crippen LogP contribution in [-0.2, 0) is 16.6 Å². The Morgan fingerprint density at radius 3 is 2.60 bits per heavy atom. The van der Waals surface area contributed by atoms with Gasteiger partial charge in [-0.15, -0.1) is 0 Å². The van der Waals surface area contributed by atoms with Gasteiger partial charge in [-0.25, -0.2) is 4.79 Å². The third-order valence-corrected chi connectivity index (χ3v) is 4.41. The van der Waals surface area contributed by atoms with Crippen LogP contribution in [0.25, 0.3) is 0 Å². The van der Waals surface area contributed by atoms with Crippen LogP contribution in [0.3, 0.4) is 0 Å². The summed E-state index contributed by atoms with van der Waals surface area (Å²) in [6.07, 6.45) is 2.38. The molecule has 0 N–H and O–H groups in total. The van der Waals surface area contributed by atoms with Crippen molar-refractivity contribution in [3.63, 3.8) is 0 Å². The summed E-state index contributed by atoms with van der Waals surface area (Å²) in [5.74, 6) is -0.638. The van der Waals surface area contributed by atoms with Gasteiger partial charge in [0.1, 0.15) is 16.9 Å². The fourth-order valence-corrected chi connectivity index (χ4v) is 2.83. The van der Waals surface area contributed by atoms with Gasteiger partial charge in [0.25, 0.3) is 5.91 Å². The Bertz CT molecular complexity index is 542. The van der Waals surface area contributed by atoms with Gasteiger partial charge in [0.15, 0.2) is 0 Å². The first-order chi connectivity index (χ1) is 9.47. The smallest absolute Gasteiger partial charge is 0.328 e. The van der Waals surface area contributed by atoms with Crippen LogP contribution in [0.1, 0.15) is 29.8 Å². The molecule has 2 heterocycles. The van der Waals surface area contributed by atoms with Crippen LogP contribution in [0.4, 0.5) is 0 Å². The minimum atomic E-state index is -0.534. The highest BCUT2D eigenvalue weighted by molar-refractivity contribution is 6.41. The quantitative estimate of drug-likeness (QED) is 0.787. The fraction of sp³-hybridized carbons (Fsp3) is 0.538. The van der Waals surface area contributed by atoms with Crippen LogP contribution in [0.2, 0.25) is 10.2 Å². The Morgan fingerprint density at radius 2 is 2.05 bits per heavy atom. The van der Waals surface area contributed by atoms with Gasteiger partial charge in [0, 0.05) is 13.6 Å². The maximum absolute atomic E-state index is 12.6. The Kier molecular flexibility index (Phi) is 4.60. The fourth-order valence-electron chi connectivity index (χ4n) is 2.45. The molecular formula is C13H16Cl2N2O3. The average Bonchev–Trinajstić information content (AvgIpc) is 2.73. The van der Waals surface area contributed by atoms with Crippen LogP contribution in [0.5, 0.6) is 0 Å². The van der Waals surface area contributed by atoms with E-state index in [1.807, 2.05) is 0 Å². The zero-order chi connectivity index (χ0) is 14.9. The van der Waals surface area contributed by atoms with Crippen molar-refractivity contribution in [2.45, 2.75) is 25.3 Å². The number of hydrogen-bond acceptors (Lipinski definition) is 3. The largest absolute Gasteiger partial charge is 0.467 e. The first-order valence-corrected chi connectivity index (χ1v) is 7.12. The molecule has 5 nitrogen and oxygen atoms in total. The summed E-state index contributed by atoms with van der Waals surface area (Å²) in [5, 5.41) is 0.630. The van der Waals surface area contributed by atoms with Crippen LogP contribution < -0.4 is 0 Å². The summed E-state index contributed by atoms with van der Waals surface area (Å²) in [4.78, 5) is 25.9. The van der Waals surface area contributed by atoms with Gasteiger partial charge in [-0.3, -0.25) is 4.79 Å². The topological polar surface area (TPSA) is 51.5 Å². The standard InChI is InChI=1S/C13H16Cl2N2O3/c1-16-10(7-8(14)11(16)15)12(18)17-6-4-3-5-9(17)13(19)20-2/h7,9H,3-6H2,1-2H3. The molecular weight excluding hydrogens is 303 g/mol.